The molecule has 2 amide bonds. The van der Waals surface area contributed by atoms with Crippen molar-refractivity contribution in [1.29, 1.82) is 0 Å². The molecule has 0 atom stereocenters. The molecule has 25 heavy (non-hydrogen) atoms. The van der Waals surface area contributed by atoms with Gasteiger partial charge in [-0.2, -0.15) is 0 Å². The summed E-state index contributed by atoms with van der Waals surface area (Å²) in [5.41, 5.74) is 1.97. The first-order valence-corrected chi connectivity index (χ1v) is 8.62. The van der Waals surface area contributed by atoms with Crippen LogP contribution in [0, 0.1) is 0 Å². The molecule has 0 radical (unpaired) electrons. The molecule has 1 aliphatic rings. The number of nitrogens with one attached hydrogen (secondary N) is 2. The highest BCUT2D eigenvalue weighted by atomic mass is 35.5. The number of hydrogen-bond acceptors (Lipinski definition) is 2. The first-order chi connectivity index (χ1) is 12.0. The van der Waals surface area contributed by atoms with Crippen molar-refractivity contribution in [2.45, 2.75) is 18.9 Å². The molecule has 6 heteroatoms. The normalized spacial score (nSPS) is 13.7. The van der Waals surface area contributed by atoms with Crippen molar-refractivity contribution in [2.75, 3.05) is 5.32 Å². The van der Waals surface area contributed by atoms with Crippen LogP contribution in [0.1, 0.15) is 28.8 Å². The Morgan fingerprint density at radius 2 is 1.72 bits per heavy atom. The van der Waals surface area contributed by atoms with Gasteiger partial charge in [-0.1, -0.05) is 29.3 Å². The van der Waals surface area contributed by atoms with E-state index in [9.17, 15) is 9.59 Å². The summed E-state index contributed by atoms with van der Waals surface area (Å²) in [6.45, 7) is 0. The summed E-state index contributed by atoms with van der Waals surface area (Å²) in [5, 5.41) is 6.56. The molecule has 0 bridgehead atoms. The van der Waals surface area contributed by atoms with E-state index < -0.39 is 0 Å². The second-order valence-corrected chi connectivity index (χ2v) is 6.64. The fourth-order valence-electron chi connectivity index (χ4n) is 2.17. The molecule has 0 heterocycles. The van der Waals surface area contributed by atoms with Crippen LogP contribution in [0.25, 0.3) is 6.08 Å². The highest BCUT2D eigenvalue weighted by Gasteiger charge is 2.23. The summed E-state index contributed by atoms with van der Waals surface area (Å²) in [6.07, 6.45) is 5.15. The van der Waals surface area contributed by atoms with Gasteiger partial charge in [-0.25, -0.2) is 0 Å². The van der Waals surface area contributed by atoms with Crippen molar-refractivity contribution < 1.29 is 9.59 Å². The zero-order valence-corrected chi connectivity index (χ0v) is 14.8. The average molecular weight is 375 g/mol. The van der Waals surface area contributed by atoms with Crippen LogP contribution >= 0.6 is 23.2 Å². The van der Waals surface area contributed by atoms with Crippen molar-refractivity contribution in [3.05, 3.63) is 69.7 Å². The smallest absolute Gasteiger partial charge is 0.251 e. The van der Waals surface area contributed by atoms with Crippen LogP contribution in [0.4, 0.5) is 5.69 Å². The van der Waals surface area contributed by atoms with Gasteiger partial charge in [0.2, 0.25) is 5.91 Å². The van der Waals surface area contributed by atoms with Gasteiger partial charge < -0.3 is 10.6 Å². The van der Waals surface area contributed by atoms with Crippen LogP contribution in [0.15, 0.2) is 48.5 Å². The molecule has 2 aromatic rings. The molecule has 128 valence electrons. The summed E-state index contributed by atoms with van der Waals surface area (Å²) < 4.78 is 0. The minimum atomic E-state index is -0.277. The number of carbonyl (C=O) groups is 2. The number of hydrogen-bond donors (Lipinski definition) is 2. The molecule has 0 aliphatic heterocycles. The maximum Gasteiger partial charge on any atom is 0.251 e. The molecular weight excluding hydrogens is 359 g/mol. The van der Waals surface area contributed by atoms with Gasteiger partial charge in [0, 0.05) is 23.4 Å². The molecule has 1 aliphatic carbocycles. The second-order valence-electron chi connectivity index (χ2n) is 5.82. The molecule has 4 nitrogen and oxygen atoms in total. The Hall–Kier alpha value is -2.30. The summed E-state index contributed by atoms with van der Waals surface area (Å²) in [7, 11) is 0. The molecule has 1 saturated carbocycles. The molecule has 0 spiro atoms. The maximum absolute atomic E-state index is 12.0. The Kier molecular flexibility index (Phi) is 5.41. The lowest BCUT2D eigenvalue weighted by atomic mass is 10.2. The number of anilines is 1. The van der Waals surface area contributed by atoms with Gasteiger partial charge in [0.1, 0.15) is 0 Å². The van der Waals surface area contributed by atoms with E-state index in [-0.39, 0.29) is 11.8 Å². The third kappa shape index (κ3) is 5.08. The van der Waals surface area contributed by atoms with E-state index in [1.54, 1.807) is 48.5 Å². The summed E-state index contributed by atoms with van der Waals surface area (Å²) in [6, 6.07) is 12.2. The van der Waals surface area contributed by atoms with Crippen LogP contribution in [0.5, 0.6) is 0 Å². The fraction of sp³-hybridized carbons (Fsp3) is 0.158. The van der Waals surface area contributed by atoms with E-state index in [0.29, 0.717) is 27.3 Å². The molecule has 2 aromatic carbocycles. The molecule has 0 saturated heterocycles. The summed E-state index contributed by atoms with van der Waals surface area (Å²) >= 11 is 11.8. The molecule has 0 aromatic heterocycles. The number of halogens is 2. The Labute approximate surface area is 155 Å². The van der Waals surface area contributed by atoms with E-state index in [4.69, 9.17) is 23.2 Å². The molecule has 3 rings (SSSR count). The van der Waals surface area contributed by atoms with E-state index in [1.165, 1.54) is 6.08 Å². The van der Waals surface area contributed by atoms with Crippen molar-refractivity contribution in [3.63, 3.8) is 0 Å². The van der Waals surface area contributed by atoms with E-state index >= 15 is 0 Å². The Morgan fingerprint density at radius 3 is 2.36 bits per heavy atom. The number of carbonyl (C=O) groups excluding carboxylic acids is 2. The SMILES string of the molecule is O=C(/C=C/c1ccc(Cl)c(Cl)c1)Nc1ccc(C(=O)NC2CC2)cc1. The van der Waals surface area contributed by atoms with Crippen LogP contribution in [0.3, 0.4) is 0 Å². The van der Waals surface area contributed by atoms with Gasteiger partial charge in [-0.3, -0.25) is 9.59 Å². The van der Waals surface area contributed by atoms with Gasteiger partial charge in [-0.05, 0) is 60.9 Å². The number of benzene rings is 2. The third-order valence-corrected chi connectivity index (χ3v) is 4.44. The summed E-state index contributed by atoms with van der Waals surface area (Å²) in [4.78, 5) is 23.9. The largest absolute Gasteiger partial charge is 0.349 e. The van der Waals surface area contributed by atoms with Gasteiger partial charge in [-0.15, -0.1) is 0 Å². The van der Waals surface area contributed by atoms with Gasteiger partial charge in [0.25, 0.3) is 5.91 Å². The lowest BCUT2D eigenvalue weighted by molar-refractivity contribution is -0.111. The van der Waals surface area contributed by atoms with E-state index in [1.807, 2.05) is 0 Å². The highest BCUT2D eigenvalue weighted by molar-refractivity contribution is 6.42. The molecular formula is C19H16Cl2N2O2. The Morgan fingerprint density at radius 1 is 1.00 bits per heavy atom. The third-order valence-electron chi connectivity index (χ3n) is 3.70. The number of amides is 2. The van der Waals surface area contributed by atoms with Crippen LogP contribution < -0.4 is 10.6 Å². The second kappa shape index (κ2) is 7.72. The van der Waals surface area contributed by atoms with Crippen molar-refractivity contribution >= 4 is 46.8 Å². The molecule has 1 fully saturated rings. The lowest BCUT2D eigenvalue weighted by Crippen LogP contribution is -2.25. The highest BCUT2D eigenvalue weighted by Crippen LogP contribution is 2.23. The Bertz CT molecular complexity index is 828. The topological polar surface area (TPSA) is 58.2 Å². The fourth-order valence-corrected chi connectivity index (χ4v) is 2.48. The van der Waals surface area contributed by atoms with Crippen molar-refractivity contribution in [2.24, 2.45) is 0 Å². The average Bonchev–Trinajstić information content (AvgIpc) is 3.40. The zero-order valence-electron chi connectivity index (χ0n) is 13.3. The summed E-state index contributed by atoms with van der Waals surface area (Å²) in [5.74, 6) is -0.360. The first kappa shape index (κ1) is 17.5. The standard InChI is InChI=1S/C19H16Cl2N2O2/c20-16-9-1-12(11-17(16)21)2-10-18(24)22-14-5-3-13(4-6-14)19(25)23-15-7-8-15/h1-6,9-11,15H,7-8H2,(H,22,24)(H,23,25)/b10-2+. The monoisotopic (exact) mass is 374 g/mol. The number of rotatable bonds is 5. The van der Waals surface area contributed by atoms with E-state index in [0.717, 1.165) is 18.4 Å². The maximum atomic E-state index is 12.0. The zero-order chi connectivity index (χ0) is 17.8. The first-order valence-electron chi connectivity index (χ1n) is 7.86. The lowest BCUT2D eigenvalue weighted by Gasteiger charge is -2.05. The van der Waals surface area contributed by atoms with E-state index in [2.05, 4.69) is 10.6 Å². The van der Waals surface area contributed by atoms with Gasteiger partial charge >= 0.3 is 0 Å². The van der Waals surface area contributed by atoms with Gasteiger partial charge in [0.15, 0.2) is 0 Å². The predicted molar refractivity (Wildman–Crippen MR) is 101 cm³/mol. The predicted octanol–water partition coefficient (Wildman–Crippen LogP) is 4.54. The van der Waals surface area contributed by atoms with Crippen LogP contribution in [-0.2, 0) is 4.79 Å². The van der Waals surface area contributed by atoms with Crippen LogP contribution in [0.2, 0.25) is 10.0 Å². The van der Waals surface area contributed by atoms with Crippen molar-refractivity contribution in [1.82, 2.24) is 5.32 Å². The minimum absolute atomic E-state index is 0.0834. The Balaban J connectivity index is 1.57. The molecule has 2 N–H and O–H groups in total. The molecule has 0 unspecified atom stereocenters. The van der Waals surface area contributed by atoms with Gasteiger partial charge in [0.05, 0.1) is 10.0 Å². The minimum Gasteiger partial charge on any atom is -0.349 e. The van der Waals surface area contributed by atoms with Crippen molar-refractivity contribution in [3.8, 4) is 0 Å². The quantitative estimate of drug-likeness (QED) is 0.754. The van der Waals surface area contributed by atoms with Crippen LogP contribution in [-0.4, -0.2) is 17.9 Å².